The molecule has 2 heterocycles. The van der Waals surface area contributed by atoms with E-state index >= 15 is 0 Å². The molecule has 0 spiro atoms. The number of para-hydroxylation sites is 1. The molecule has 3 aromatic carbocycles. The quantitative estimate of drug-likeness (QED) is 0.453. The number of benzene rings is 3. The predicted molar refractivity (Wildman–Crippen MR) is 128 cm³/mol. The van der Waals surface area contributed by atoms with Gasteiger partial charge in [-0.05, 0) is 17.2 Å². The second kappa shape index (κ2) is 8.92. The Labute approximate surface area is 189 Å². The maximum absolute atomic E-state index is 12.4. The molecule has 7 heteroatoms. The molecule has 0 aliphatic carbocycles. The summed E-state index contributed by atoms with van der Waals surface area (Å²) in [4.78, 5) is 19.2. The Hall–Kier alpha value is -4.52. The lowest BCUT2D eigenvalue weighted by Gasteiger charge is -2.16. The lowest BCUT2D eigenvalue weighted by Crippen LogP contribution is -2.23. The summed E-state index contributed by atoms with van der Waals surface area (Å²) < 4.78 is 5.77. The van der Waals surface area contributed by atoms with Crippen molar-refractivity contribution < 1.29 is 14.6 Å². The van der Waals surface area contributed by atoms with Crippen LogP contribution in [0.5, 0.6) is 5.88 Å². The molecule has 1 amide bonds. The number of aliphatic imine (C=N–C) groups is 1. The Balaban J connectivity index is 1.32. The maximum atomic E-state index is 12.4. The molecule has 5 rings (SSSR count). The number of nitrogens with zero attached hydrogens (tertiary/aromatic N) is 3. The molecule has 0 radical (unpaired) electrons. The number of hydrogen-bond donors (Lipinski definition) is 2. The number of ether oxygens (including phenoxy) is 1. The fourth-order valence-corrected chi connectivity index (χ4v) is 3.82. The first kappa shape index (κ1) is 20.4. The van der Waals surface area contributed by atoms with Gasteiger partial charge in [-0.1, -0.05) is 78.9 Å². The van der Waals surface area contributed by atoms with Crippen LogP contribution in [0.3, 0.4) is 0 Å². The van der Waals surface area contributed by atoms with E-state index in [4.69, 9.17) is 4.74 Å². The van der Waals surface area contributed by atoms with Gasteiger partial charge in [-0.25, -0.2) is 4.99 Å². The molecule has 162 valence electrons. The normalized spacial score (nSPS) is 15.6. The van der Waals surface area contributed by atoms with Crippen LogP contribution in [0.2, 0.25) is 0 Å². The van der Waals surface area contributed by atoms with Crippen LogP contribution < -0.4 is 0 Å². The zero-order valence-electron chi connectivity index (χ0n) is 17.6. The van der Waals surface area contributed by atoms with Crippen molar-refractivity contribution in [2.75, 3.05) is 6.61 Å². The summed E-state index contributed by atoms with van der Waals surface area (Å²) in [5.74, 6) is -0.511. The van der Waals surface area contributed by atoms with Gasteiger partial charge in [-0.3, -0.25) is 4.79 Å². The summed E-state index contributed by atoms with van der Waals surface area (Å²) in [5.41, 5.74) is 3.88. The van der Waals surface area contributed by atoms with Crippen molar-refractivity contribution in [2.45, 2.75) is 5.92 Å². The van der Waals surface area contributed by atoms with Crippen molar-refractivity contribution in [1.82, 2.24) is 4.98 Å². The highest BCUT2D eigenvalue weighted by molar-refractivity contribution is 6.19. The molecule has 4 aromatic rings. The number of amides is 1. The number of carbonyl (C=O) groups is 1. The van der Waals surface area contributed by atoms with Gasteiger partial charge in [0.15, 0.2) is 12.5 Å². The van der Waals surface area contributed by atoms with Crippen LogP contribution >= 0.6 is 0 Å². The van der Waals surface area contributed by atoms with Crippen LogP contribution in [0.1, 0.15) is 22.6 Å². The summed E-state index contributed by atoms with van der Waals surface area (Å²) in [7, 11) is 0. The second-order valence-electron chi connectivity index (χ2n) is 7.51. The Bertz CT molecular complexity index is 1390. The van der Waals surface area contributed by atoms with Crippen LogP contribution in [0, 0.1) is 0 Å². The Morgan fingerprint density at radius 1 is 0.970 bits per heavy atom. The molecule has 0 fully saturated rings. The van der Waals surface area contributed by atoms with Crippen molar-refractivity contribution in [1.29, 1.82) is 0 Å². The summed E-state index contributed by atoms with van der Waals surface area (Å²) in [6.07, 6.45) is 1.34. The minimum atomic E-state index is -0.498. The van der Waals surface area contributed by atoms with Gasteiger partial charge in [-0.2, -0.15) is 5.10 Å². The summed E-state index contributed by atoms with van der Waals surface area (Å²) in [6, 6.07) is 26.9. The van der Waals surface area contributed by atoms with E-state index in [1.165, 1.54) is 6.21 Å². The summed E-state index contributed by atoms with van der Waals surface area (Å²) >= 11 is 0. The number of aromatic amines is 1. The SMILES string of the molecule is O=C(COC1=NN=C(c2ccccc2)C1c1ccccc1)N=Cc1c(O)[nH]c2ccccc12. The molecular weight excluding hydrogens is 416 g/mol. The van der Waals surface area contributed by atoms with Gasteiger partial charge in [0.25, 0.3) is 5.91 Å². The summed E-state index contributed by atoms with van der Waals surface area (Å²) in [5, 5.41) is 19.5. The molecule has 2 N–H and O–H groups in total. The van der Waals surface area contributed by atoms with Crippen molar-refractivity contribution in [3.05, 3.63) is 102 Å². The van der Waals surface area contributed by atoms with E-state index in [0.717, 1.165) is 27.7 Å². The number of carbonyl (C=O) groups excluding carboxylic acids is 1. The highest BCUT2D eigenvalue weighted by Gasteiger charge is 2.31. The van der Waals surface area contributed by atoms with Crippen LogP contribution in [0.15, 0.2) is 100 Å². The van der Waals surface area contributed by atoms with Crippen molar-refractivity contribution in [3.63, 3.8) is 0 Å². The molecule has 1 aliphatic heterocycles. The number of H-pyrrole nitrogens is 1. The van der Waals surface area contributed by atoms with Crippen LogP contribution in [-0.2, 0) is 9.53 Å². The zero-order valence-corrected chi connectivity index (χ0v) is 17.6. The third-order valence-electron chi connectivity index (χ3n) is 5.39. The highest BCUT2D eigenvalue weighted by atomic mass is 16.5. The average molecular weight is 436 g/mol. The number of rotatable bonds is 5. The van der Waals surface area contributed by atoms with Crippen molar-refractivity contribution in [2.24, 2.45) is 15.2 Å². The van der Waals surface area contributed by atoms with Crippen LogP contribution in [0.25, 0.3) is 10.9 Å². The first-order valence-corrected chi connectivity index (χ1v) is 10.5. The van der Waals surface area contributed by atoms with E-state index in [2.05, 4.69) is 20.2 Å². The van der Waals surface area contributed by atoms with E-state index < -0.39 is 5.91 Å². The molecule has 1 atom stereocenters. The van der Waals surface area contributed by atoms with Crippen molar-refractivity contribution in [3.8, 4) is 5.88 Å². The van der Waals surface area contributed by atoms with Gasteiger partial charge in [0.2, 0.25) is 5.90 Å². The smallest absolute Gasteiger partial charge is 0.283 e. The third-order valence-corrected chi connectivity index (χ3v) is 5.39. The van der Waals surface area contributed by atoms with Gasteiger partial charge in [0.1, 0.15) is 5.92 Å². The fourth-order valence-electron chi connectivity index (χ4n) is 3.82. The van der Waals surface area contributed by atoms with E-state index in [-0.39, 0.29) is 18.4 Å². The molecular formula is C26H20N4O3. The molecule has 0 saturated heterocycles. The number of aromatic nitrogens is 1. The molecule has 1 unspecified atom stereocenters. The van der Waals surface area contributed by atoms with Crippen molar-refractivity contribution >= 4 is 34.6 Å². The molecule has 7 nitrogen and oxygen atoms in total. The number of fused-ring (bicyclic) bond motifs is 1. The lowest BCUT2D eigenvalue weighted by molar-refractivity contribution is -0.120. The lowest BCUT2D eigenvalue weighted by atomic mass is 9.90. The minimum absolute atomic E-state index is 0.0427. The van der Waals surface area contributed by atoms with Crippen LogP contribution in [-0.4, -0.2) is 40.4 Å². The third kappa shape index (κ3) is 4.16. The minimum Gasteiger partial charge on any atom is -0.494 e. The van der Waals surface area contributed by atoms with E-state index in [1.54, 1.807) is 0 Å². The Kier molecular flexibility index (Phi) is 5.51. The van der Waals surface area contributed by atoms with Gasteiger partial charge in [-0.15, -0.1) is 5.10 Å². The molecule has 1 aromatic heterocycles. The fraction of sp³-hybridized carbons (Fsp3) is 0.0769. The molecule has 0 bridgehead atoms. The van der Waals surface area contributed by atoms with Gasteiger partial charge >= 0.3 is 0 Å². The molecule has 0 saturated carbocycles. The maximum Gasteiger partial charge on any atom is 0.283 e. The van der Waals surface area contributed by atoms with Gasteiger partial charge in [0.05, 0.1) is 11.3 Å². The monoisotopic (exact) mass is 436 g/mol. The molecule has 33 heavy (non-hydrogen) atoms. The second-order valence-corrected chi connectivity index (χ2v) is 7.51. The zero-order chi connectivity index (χ0) is 22.6. The topological polar surface area (TPSA) is 99.4 Å². The largest absolute Gasteiger partial charge is 0.494 e. The average Bonchev–Trinajstić information content (AvgIpc) is 3.43. The Morgan fingerprint density at radius 2 is 1.67 bits per heavy atom. The number of aromatic hydroxyl groups is 1. The first-order chi connectivity index (χ1) is 16.2. The predicted octanol–water partition coefficient (Wildman–Crippen LogP) is 4.44. The summed E-state index contributed by atoms with van der Waals surface area (Å²) in [6.45, 7) is -0.292. The molecule has 1 aliphatic rings. The van der Waals surface area contributed by atoms with E-state index in [0.29, 0.717) is 11.5 Å². The van der Waals surface area contributed by atoms with E-state index in [9.17, 15) is 9.90 Å². The standard InChI is InChI=1S/C26H20N4O3/c31-22(27-15-20-19-13-7-8-14-21(19)28-25(20)32)16-33-26-23(17-9-3-1-4-10-17)24(29-30-26)18-11-5-2-6-12-18/h1-15,23,28,32H,16H2. The first-order valence-electron chi connectivity index (χ1n) is 10.5. The van der Waals surface area contributed by atoms with Gasteiger partial charge < -0.3 is 14.8 Å². The highest BCUT2D eigenvalue weighted by Crippen LogP contribution is 2.29. The Morgan fingerprint density at radius 3 is 2.45 bits per heavy atom. The van der Waals surface area contributed by atoms with Gasteiger partial charge in [0, 0.05) is 17.1 Å². The number of nitrogens with one attached hydrogen (secondary N) is 1. The van der Waals surface area contributed by atoms with E-state index in [1.807, 2.05) is 84.9 Å². The number of hydrogen-bond acceptors (Lipinski definition) is 5. The van der Waals surface area contributed by atoms with Crippen LogP contribution in [0.4, 0.5) is 0 Å².